The summed E-state index contributed by atoms with van der Waals surface area (Å²) in [5, 5.41) is 5.91. The summed E-state index contributed by atoms with van der Waals surface area (Å²) in [6.45, 7) is 3.40. The van der Waals surface area contributed by atoms with Crippen LogP contribution in [-0.4, -0.2) is 33.9 Å². The van der Waals surface area contributed by atoms with Crippen molar-refractivity contribution in [2.45, 2.75) is 13.8 Å². The first-order chi connectivity index (χ1) is 15.3. The van der Waals surface area contributed by atoms with Gasteiger partial charge in [0.25, 0.3) is 5.91 Å². The summed E-state index contributed by atoms with van der Waals surface area (Å²) in [5.41, 5.74) is 4.08. The van der Waals surface area contributed by atoms with Gasteiger partial charge in [0.05, 0.1) is 0 Å². The van der Waals surface area contributed by atoms with Crippen molar-refractivity contribution in [3.63, 3.8) is 0 Å². The van der Waals surface area contributed by atoms with E-state index in [2.05, 4.69) is 10.6 Å². The summed E-state index contributed by atoms with van der Waals surface area (Å²) in [6, 6.07) is 15.9. The predicted molar refractivity (Wildman–Crippen MR) is 124 cm³/mol. The third-order valence-electron chi connectivity index (χ3n) is 5.19. The van der Waals surface area contributed by atoms with E-state index in [9.17, 15) is 14.4 Å². The molecular formula is C24H21ClN4O3. The number of hydrogen-bond acceptors (Lipinski definition) is 3. The van der Waals surface area contributed by atoms with Crippen molar-refractivity contribution in [1.82, 2.24) is 14.8 Å². The van der Waals surface area contributed by atoms with E-state index >= 15 is 0 Å². The van der Waals surface area contributed by atoms with Crippen LogP contribution in [0.1, 0.15) is 16.8 Å². The number of urea groups is 1. The highest BCUT2D eigenvalue weighted by atomic mass is 35.5. The lowest BCUT2D eigenvalue weighted by Gasteiger charge is -2.13. The van der Waals surface area contributed by atoms with Gasteiger partial charge in [0.2, 0.25) is 5.91 Å². The Hall–Kier alpha value is -3.84. The molecular weight excluding hydrogens is 428 g/mol. The van der Waals surface area contributed by atoms with E-state index in [1.165, 1.54) is 0 Å². The molecule has 4 amide bonds. The molecule has 1 fully saturated rings. The Balaban J connectivity index is 1.52. The van der Waals surface area contributed by atoms with Crippen LogP contribution in [-0.2, 0) is 9.59 Å². The highest BCUT2D eigenvalue weighted by molar-refractivity contribution is 6.31. The number of aryl methyl sites for hydroxylation is 2. The van der Waals surface area contributed by atoms with Crippen LogP contribution in [0.3, 0.4) is 0 Å². The molecule has 1 aliphatic heterocycles. The van der Waals surface area contributed by atoms with Gasteiger partial charge in [-0.1, -0.05) is 35.9 Å². The van der Waals surface area contributed by atoms with Gasteiger partial charge < -0.3 is 15.2 Å². The number of anilines is 1. The number of amides is 4. The minimum atomic E-state index is -0.641. The largest absolute Gasteiger partial charge is 0.329 e. The molecule has 0 aliphatic carbocycles. The van der Waals surface area contributed by atoms with Crippen molar-refractivity contribution in [2.75, 3.05) is 11.9 Å². The zero-order valence-corrected chi connectivity index (χ0v) is 18.3. The van der Waals surface area contributed by atoms with E-state index in [1.54, 1.807) is 18.2 Å². The lowest BCUT2D eigenvalue weighted by molar-refractivity contribution is -0.127. The van der Waals surface area contributed by atoms with Crippen LogP contribution in [0.4, 0.5) is 10.5 Å². The maximum atomic E-state index is 12.8. The average molecular weight is 449 g/mol. The standard InChI is InChI=1S/C24H21ClN4O3/c1-15-9-10-18(12-19(15)25)28-11-5-7-17(28)13-21-23(31)29(24(32)27-21)14-22(30)26-20-8-4-3-6-16(20)2/h3-13H,14H2,1-2H3,(H,26,30)(H,27,32)/b21-13-. The molecule has 0 bridgehead atoms. The molecule has 2 heterocycles. The summed E-state index contributed by atoms with van der Waals surface area (Å²) in [7, 11) is 0. The van der Waals surface area contributed by atoms with Crippen molar-refractivity contribution in [3.8, 4) is 5.69 Å². The van der Waals surface area contributed by atoms with Gasteiger partial charge >= 0.3 is 6.03 Å². The van der Waals surface area contributed by atoms with Crippen molar-refractivity contribution in [2.24, 2.45) is 0 Å². The molecule has 3 aromatic rings. The van der Waals surface area contributed by atoms with Crippen LogP contribution in [0.25, 0.3) is 11.8 Å². The third-order valence-corrected chi connectivity index (χ3v) is 5.60. The molecule has 7 nitrogen and oxygen atoms in total. The van der Waals surface area contributed by atoms with Crippen molar-refractivity contribution in [1.29, 1.82) is 0 Å². The number of nitrogens with one attached hydrogen (secondary N) is 2. The smallest absolute Gasteiger partial charge is 0.324 e. The molecule has 1 aromatic heterocycles. The number of aromatic nitrogens is 1. The first-order valence-corrected chi connectivity index (χ1v) is 10.3. The van der Waals surface area contributed by atoms with Gasteiger partial charge in [-0.25, -0.2) is 9.69 Å². The molecule has 2 aromatic carbocycles. The molecule has 162 valence electrons. The van der Waals surface area contributed by atoms with Crippen LogP contribution in [0.15, 0.2) is 66.5 Å². The average Bonchev–Trinajstić information content (AvgIpc) is 3.32. The minimum absolute atomic E-state index is 0.0943. The van der Waals surface area contributed by atoms with E-state index < -0.39 is 17.8 Å². The van der Waals surface area contributed by atoms with Crippen LogP contribution >= 0.6 is 11.6 Å². The molecule has 0 saturated carbocycles. The van der Waals surface area contributed by atoms with E-state index in [-0.39, 0.29) is 12.2 Å². The molecule has 8 heteroatoms. The lowest BCUT2D eigenvalue weighted by Crippen LogP contribution is -2.38. The van der Waals surface area contributed by atoms with Gasteiger partial charge in [-0.2, -0.15) is 0 Å². The molecule has 1 saturated heterocycles. The summed E-state index contributed by atoms with van der Waals surface area (Å²) in [5.74, 6) is -1.02. The maximum absolute atomic E-state index is 12.8. The molecule has 4 rings (SSSR count). The Morgan fingerprint density at radius 1 is 1.06 bits per heavy atom. The second-order valence-electron chi connectivity index (χ2n) is 7.48. The highest BCUT2D eigenvalue weighted by Gasteiger charge is 2.35. The Morgan fingerprint density at radius 2 is 1.84 bits per heavy atom. The fraction of sp³-hybridized carbons (Fsp3) is 0.125. The minimum Gasteiger partial charge on any atom is -0.324 e. The summed E-state index contributed by atoms with van der Waals surface area (Å²) in [6.07, 6.45) is 3.41. The van der Waals surface area contributed by atoms with Gasteiger partial charge in [0.1, 0.15) is 12.2 Å². The number of benzene rings is 2. The quantitative estimate of drug-likeness (QED) is 0.451. The summed E-state index contributed by atoms with van der Waals surface area (Å²) >= 11 is 6.25. The van der Waals surface area contributed by atoms with Crippen LogP contribution in [0.2, 0.25) is 5.02 Å². The van der Waals surface area contributed by atoms with Crippen molar-refractivity contribution in [3.05, 3.63) is 88.3 Å². The van der Waals surface area contributed by atoms with Crippen molar-refractivity contribution < 1.29 is 14.4 Å². The predicted octanol–water partition coefficient (Wildman–Crippen LogP) is 4.28. The van der Waals surface area contributed by atoms with E-state index in [0.717, 1.165) is 21.7 Å². The number of para-hydroxylation sites is 1. The number of nitrogens with zero attached hydrogens (tertiary/aromatic N) is 2. The molecule has 0 atom stereocenters. The topological polar surface area (TPSA) is 83.4 Å². The number of halogens is 1. The summed E-state index contributed by atoms with van der Waals surface area (Å²) < 4.78 is 1.85. The van der Waals surface area contributed by atoms with Gasteiger partial charge in [0.15, 0.2) is 0 Å². The van der Waals surface area contributed by atoms with Gasteiger partial charge in [-0.05, 0) is 61.4 Å². The monoisotopic (exact) mass is 448 g/mol. The van der Waals surface area contributed by atoms with E-state index in [0.29, 0.717) is 16.4 Å². The zero-order valence-electron chi connectivity index (χ0n) is 17.6. The molecule has 0 unspecified atom stereocenters. The molecule has 0 spiro atoms. The maximum Gasteiger partial charge on any atom is 0.329 e. The molecule has 32 heavy (non-hydrogen) atoms. The highest BCUT2D eigenvalue weighted by Crippen LogP contribution is 2.23. The Labute approximate surface area is 190 Å². The van der Waals surface area contributed by atoms with Gasteiger partial charge in [-0.3, -0.25) is 9.59 Å². The van der Waals surface area contributed by atoms with Crippen LogP contribution < -0.4 is 10.6 Å². The van der Waals surface area contributed by atoms with Gasteiger partial charge in [0, 0.05) is 28.3 Å². The molecule has 0 radical (unpaired) electrons. The number of hydrogen-bond donors (Lipinski definition) is 2. The number of imide groups is 1. The molecule has 2 N–H and O–H groups in total. The Morgan fingerprint density at radius 3 is 2.59 bits per heavy atom. The van der Waals surface area contributed by atoms with Crippen LogP contribution in [0.5, 0.6) is 0 Å². The normalized spacial score (nSPS) is 14.7. The number of carbonyl (C=O) groups excluding carboxylic acids is 3. The SMILES string of the molecule is Cc1ccc(-n2cccc2/C=C2\NC(=O)N(CC(=O)Nc3ccccc3C)C2=O)cc1Cl. The second kappa shape index (κ2) is 8.72. The van der Waals surface area contributed by atoms with Crippen LogP contribution in [0, 0.1) is 13.8 Å². The zero-order chi connectivity index (χ0) is 22.8. The number of carbonyl (C=O) groups is 3. The van der Waals surface area contributed by atoms with Gasteiger partial charge in [-0.15, -0.1) is 0 Å². The Bertz CT molecular complexity index is 1260. The first-order valence-electron chi connectivity index (χ1n) is 9.97. The third kappa shape index (κ3) is 4.29. The number of rotatable bonds is 5. The van der Waals surface area contributed by atoms with E-state index in [1.807, 2.05) is 67.1 Å². The molecule has 1 aliphatic rings. The van der Waals surface area contributed by atoms with Crippen molar-refractivity contribution >= 4 is 41.2 Å². The first kappa shape index (κ1) is 21.4. The fourth-order valence-electron chi connectivity index (χ4n) is 3.39. The lowest BCUT2D eigenvalue weighted by atomic mass is 10.2. The fourth-order valence-corrected chi connectivity index (χ4v) is 3.56. The summed E-state index contributed by atoms with van der Waals surface area (Å²) in [4.78, 5) is 38.5. The van der Waals surface area contributed by atoms with E-state index in [4.69, 9.17) is 11.6 Å². The second-order valence-corrected chi connectivity index (χ2v) is 7.89. The Kier molecular flexibility index (Phi) is 5.83.